The minimum Gasteiger partial charge on any atom is -0.342 e. The predicted molar refractivity (Wildman–Crippen MR) is 96.7 cm³/mol. The minimum absolute atomic E-state index is 0.0458. The van der Waals surface area contributed by atoms with Gasteiger partial charge in [-0.2, -0.15) is 0 Å². The SMILES string of the molecule is CCC1CCCCN1C(=O)CCN(CCc1ccccc1)C(C)=O. The summed E-state index contributed by atoms with van der Waals surface area (Å²) in [5.41, 5.74) is 1.22. The molecule has 1 aromatic rings. The van der Waals surface area contributed by atoms with Gasteiger partial charge in [0.25, 0.3) is 0 Å². The molecule has 4 nitrogen and oxygen atoms in total. The van der Waals surface area contributed by atoms with Crippen LogP contribution in [0.1, 0.15) is 51.5 Å². The molecule has 2 amide bonds. The molecule has 1 atom stereocenters. The van der Waals surface area contributed by atoms with Gasteiger partial charge in [-0.3, -0.25) is 9.59 Å². The highest BCUT2D eigenvalue weighted by Crippen LogP contribution is 2.20. The van der Waals surface area contributed by atoms with Crippen molar-refractivity contribution in [1.82, 2.24) is 9.80 Å². The van der Waals surface area contributed by atoms with E-state index in [9.17, 15) is 9.59 Å². The van der Waals surface area contributed by atoms with Gasteiger partial charge in [0, 0.05) is 39.0 Å². The van der Waals surface area contributed by atoms with Gasteiger partial charge in [-0.25, -0.2) is 0 Å². The van der Waals surface area contributed by atoms with E-state index >= 15 is 0 Å². The number of piperidine rings is 1. The van der Waals surface area contributed by atoms with Crippen molar-refractivity contribution in [3.8, 4) is 0 Å². The van der Waals surface area contributed by atoms with Gasteiger partial charge < -0.3 is 9.80 Å². The van der Waals surface area contributed by atoms with E-state index in [0.717, 1.165) is 32.2 Å². The van der Waals surface area contributed by atoms with Gasteiger partial charge in [-0.15, -0.1) is 0 Å². The summed E-state index contributed by atoms with van der Waals surface area (Å²) in [5.74, 6) is 0.247. The number of nitrogens with zero attached hydrogens (tertiary/aromatic N) is 2. The molecule has 1 aliphatic rings. The van der Waals surface area contributed by atoms with Crippen LogP contribution in [0.2, 0.25) is 0 Å². The highest BCUT2D eigenvalue weighted by molar-refractivity contribution is 5.78. The average molecular weight is 330 g/mol. The lowest BCUT2D eigenvalue weighted by Gasteiger charge is -2.35. The maximum atomic E-state index is 12.6. The fourth-order valence-corrected chi connectivity index (χ4v) is 3.46. The zero-order valence-electron chi connectivity index (χ0n) is 15.0. The van der Waals surface area contributed by atoms with Crippen LogP contribution < -0.4 is 0 Å². The highest BCUT2D eigenvalue weighted by Gasteiger charge is 2.25. The molecule has 0 N–H and O–H groups in total. The van der Waals surface area contributed by atoms with E-state index in [1.54, 1.807) is 11.8 Å². The van der Waals surface area contributed by atoms with Gasteiger partial charge in [0.15, 0.2) is 0 Å². The van der Waals surface area contributed by atoms with Gasteiger partial charge >= 0.3 is 0 Å². The number of hydrogen-bond donors (Lipinski definition) is 0. The molecule has 1 fully saturated rings. The Morgan fingerprint density at radius 2 is 1.92 bits per heavy atom. The molecule has 2 rings (SSSR count). The molecule has 1 aliphatic heterocycles. The smallest absolute Gasteiger partial charge is 0.224 e. The van der Waals surface area contributed by atoms with Crippen LogP contribution in [0.15, 0.2) is 30.3 Å². The van der Waals surface area contributed by atoms with E-state index in [4.69, 9.17) is 0 Å². The van der Waals surface area contributed by atoms with E-state index in [1.165, 1.54) is 12.0 Å². The second kappa shape index (κ2) is 9.45. The molecule has 0 aliphatic carbocycles. The Morgan fingerprint density at radius 3 is 2.58 bits per heavy atom. The van der Waals surface area contributed by atoms with E-state index < -0.39 is 0 Å². The molecule has 24 heavy (non-hydrogen) atoms. The molecule has 0 bridgehead atoms. The number of rotatable bonds is 7. The second-order valence-corrected chi connectivity index (χ2v) is 6.64. The van der Waals surface area contributed by atoms with Gasteiger partial charge in [-0.1, -0.05) is 37.3 Å². The van der Waals surface area contributed by atoms with Gasteiger partial charge in [0.2, 0.25) is 11.8 Å². The van der Waals surface area contributed by atoms with Crippen molar-refractivity contribution in [3.63, 3.8) is 0 Å². The lowest BCUT2D eigenvalue weighted by Crippen LogP contribution is -2.44. The van der Waals surface area contributed by atoms with Crippen LogP contribution in [0.25, 0.3) is 0 Å². The predicted octanol–water partition coefficient (Wildman–Crippen LogP) is 3.26. The topological polar surface area (TPSA) is 40.6 Å². The first-order valence-corrected chi connectivity index (χ1v) is 9.20. The van der Waals surface area contributed by atoms with E-state index in [-0.39, 0.29) is 11.8 Å². The van der Waals surface area contributed by atoms with Gasteiger partial charge in [-0.05, 0) is 37.7 Å². The van der Waals surface area contributed by atoms with Crippen molar-refractivity contribution in [1.29, 1.82) is 0 Å². The van der Waals surface area contributed by atoms with Crippen LogP contribution in [-0.2, 0) is 16.0 Å². The summed E-state index contributed by atoms with van der Waals surface area (Å²) < 4.78 is 0. The van der Waals surface area contributed by atoms with Crippen LogP contribution >= 0.6 is 0 Å². The molecule has 1 aromatic carbocycles. The Hall–Kier alpha value is -1.84. The first-order chi connectivity index (χ1) is 11.6. The lowest BCUT2D eigenvalue weighted by molar-refractivity contribution is -0.136. The third-order valence-corrected chi connectivity index (χ3v) is 4.97. The number of carbonyl (C=O) groups is 2. The zero-order chi connectivity index (χ0) is 17.4. The first kappa shape index (κ1) is 18.5. The number of hydrogen-bond acceptors (Lipinski definition) is 2. The Bertz CT molecular complexity index is 530. The van der Waals surface area contributed by atoms with Crippen molar-refractivity contribution in [2.75, 3.05) is 19.6 Å². The molecule has 0 radical (unpaired) electrons. The van der Waals surface area contributed by atoms with Crippen molar-refractivity contribution in [3.05, 3.63) is 35.9 Å². The molecule has 1 saturated heterocycles. The van der Waals surface area contributed by atoms with Gasteiger partial charge in [0.05, 0.1) is 0 Å². The number of carbonyl (C=O) groups excluding carboxylic acids is 2. The third-order valence-electron chi connectivity index (χ3n) is 4.97. The summed E-state index contributed by atoms with van der Waals surface area (Å²) in [6.45, 7) is 5.81. The molecule has 0 spiro atoms. The zero-order valence-corrected chi connectivity index (χ0v) is 15.0. The fourth-order valence-electron chi connectivity index (χ4n) is 3.46. The molecular formula is C20H30N2O2. The maximum Gasteiger partial charge on any atom is 0.224 e. The Labute approximate surface area is 145 Å². The average Bonchev–Trinajstić information content (AvgIpc) is 2.62. The number of benzene rings is 1. The molecular weight excluding hydrogens is 300 g/mol. The molecule has 0 saturated carbocycles. The summed E-state index contributed by atoms with van der Waals surface area (Å²) in [4.78, 5) is 28.3. The second-order valence-electron chi connectivity index (χ2n) is 6.64. The summed E-state index contributed by atoms with van der Waals surface area (Å²) in [6.07, 6.45) is 5.73. The fraction of sp³-hybridized carbons (Fsp3) is 0.600. The summed E-state index contributed by atoms with van der Waals surface area (Å²) in [5, 5.41) is 0. The Balaban J connectivity index is 1.84. The van der Waals surface area contributed by atoms with Crippen molar-refractivity contribution < 1.29 is 9.59 Å². The minimum atomic E-state index is 0.0458. The largest absolute Gasteiger partial charge is 0.342 e. The molecule has 1 heterocycles. The van der Waals surface area contributed by atoms with Crippen LogP contribution in [0.4, 0.5) is 0 Å². The van der Waals surface area contributed by atoms with Crippen LogP contribution in [-0.4, -0.2) is 47.3 Å². The third kappa shape index (κ3) is 5.36. The monoisotopic (exact) mass is 330 g/mol. The highest BCUT2D eigenvalue weighted by atomic mass is 16.2. The van der Waals surface area contributed by atoms with Crippen molar-refractivity contribution >= 4 is 11.8 Å². The molecule has 132 valence electrons. The quantitative estimate of drug-likeness (QED) is 0.770. The van der Waals surface area contributed by atoms with E-state index in [2.05, 4.69) is 19.1 Å². The van der Waals surface area contributed by atoms with E-state index in [0.29, 0.717) is 25.6 Å². The Morgan fingerprint density at radius 1 is 1.17 bits per heavy atom. The number of amides is 2. The lowest BCUT2D eigenvalue weighted by atomic mass is 9.99. The summed E-state index contributed by atoms with van der Waals surface area (Å²) >= 11 is 0. The Kier molecular flexibility index (Phi) is 7.29. The normalized spacial score (nSPS) is 17.6. The van der Waals surface area contributed by atoms with Crippen LogP contribution in [0.3, 0.4) is 0 Å². The standard InChI is InChI=1S/C20H30N2O2/c1-3-19-11-7-8-14-22(19)20(24)13-16-21(17(2)23)15-12-18-9-5-4-6-10-18/h4-6,9-10,19H,3,7-8,11-16H2,1-2H3. The maximum absolute atomic E-state index is 12.6. The molecule has 1 unspecified atom stereocenters. The summed E-state index contributed by atoms with van der Waals surface area (Å²) in [7, 11) is 0. The van der Waals surface area contributed by atoms with Crippen molar-refractivity contribution in [2.45, 2.75) is 58.4 Å². The van der Waals surface area contributed by atoms with Gasteiger partial charge in [0.1, 0.15) is 0 Å². The first-order valence-electron chi connectivity index (χ1n) is 9.20. The van der Waals surface area contributed by atoms with Crippen molar-refractivity contribution in [2.24, 2.45) is 0 Å². The molecule has 0 aromatic heterocycles. The van der Waals surface area contributed by atoms with Crippen LogP contribution in [0, 0.1) is 0 Å². The summed E-state index contributed by atoms with van der Waals surface area (Å²) in [6, 6.07) is 10.6. The van der Waals surface area contributed by atoms with Crippen LogP contribution in [0.5, 0.6) is 0 Å². The van der Waals surface area contributed by atoms with E-state index in [1.807, 2.05) is 23.1 Å². The number of likely N-dealkylation sites (tertiary alicyclic amines) is 1. The molecule has 4 heteroatoms.